The van der Waals surface area contributed by atoms with Crippen LogP contribution in [0.1, 0.15) is 38.3 Å². The molecule has 0 unspecified atom stereocenters. The molecule has 108 valence electrons. The number of aryl methyl sites for hydroxylation is 1. The van der Waals surface area contributed by atoms with Gasteiger partial charge in [0.2, 0.25) is 0 Å². The molecule has 0 aliphatic rings. The van der Waals surface area contributed by atoms with E-state index in [4.69, 9.17) is 4.74 Å². The average molecular weight is 291 g/mol. The maximum atomic E-state index is 5.83. The lowest BCUT2D eigenvalue weighted by atomic mass is 10.1. The van der Waals surface area contributed by atoms with Gasteiger partial charge >= 0.3 is 0 Å². The highest BCUT2D eigenvalue weighted by atomic mass is 32.1. The largest absolute Gasteiger partial charge is 0.430 e. The fourth-order valence-corrected chi connectivity index (χ4v) is 2.32. The minimum Gasteiger partial charge on any atom is -0.430 e. The highest BCUT2D eigenvalue weighted by Gasteiger charge is 2.12. The quantitative estimate of drug-likeness (QED) is 0.910. The van der Waals surface area contributed by atoms with Gasteiger partial charge in [-0.2, -0.15) is 0 Å². The van der Waals surface area contributed by atoms with Crippen LogP contribution in [-0.4, -0.2) is 15.7 Å². The van der Waals surface area contributed by atoms with Crippen molar-refractivity contribution in [3.8, 4) is 10.9 Å². The summed E-state index contributed by atoms with van der Waals surface area (Å²) in [6.07, 6.45) is 0.938. The zero-order valence-electron chi connectivity index (χ0n) is 12.4. The molecule has 0 spiro atoms. The Morgan fingerprint density at radius 2 is 1.95 bits per heavy atom. The maximum absolute atomic E-state index is 5.83. The summed E-state index contributed by atoms with van der Waals surface area (Å²) >= 11 is 1.48. The standard InChI is InChI=1S/C15H21N3OS/c1-5-11-8-6-7-9-12(11)19-14-18-17-13(20-14)10-16-15(2,3)4/h6-9,16H,5,10H2,1-4H3. The molecule has 0 aliphatic heterocycles. The number of aromatic nitrogens is 2. The number of hydrogen-bond acceptors (Lipinski definition) is 5. The Kier molecular flexibility index (Phi) is 4.73. The molecule has 0 saturated heterocycles. The summed E-state index contributed by atoms with van der Waals surface area (Å²) in [5.74, 6) is 0.862. The van der Waals surface area contributed by atoms with Crippen LogP contribution in [0.25, 0.3) is 0 Å². The minimum atomic E-state index is 0.0709. The summed E-state index contributed by atoms with van der Waals surface area (Å²) in [6.45, 7) is 9.20. The molecule has 1 aromatic heterocycles. The number of hydrogen-bond donors (Lipinski definition) is 1. The number of rotatable bonds is 5. The van der Waals surface area contributed by atoms with Crippen molar-refractivity contribution in [3.63, 3.8) is 0 Å². The van der Waals surface area contributed by atoms with Crippen LogP contribution in [0.2, 0.25) is 0 Å². The third-order valence-electron chi connectivity index (χ3n) is 2.77. The lowest BCUT2D eigenvalue weighted by Crippen LogP contribution is -2.35. The van der Waals surface area contributed by atoms with E-state index in [2.05, 4.69) is 49.3 Å². The molecule has 1 aromatic carbocycles. The van der Waals surface area contributed by atoms with E-state index in [0.717, 1.165) is 17.2 Å². The van der Waals surface area contributed by atoms with E-state index in [9.17, 15) is 0 Å². The van der Waals surface area contributed by atoms with E-state index in [-0.39, 0.29) is 5.54 Å². The monoisotopic (exact) mass is 291 g/mol. The SMILES string of the molecule is CCc1ccccc1Oc1nnc(CNC(C)(C)C)s1. The second kappa shape index (κ2) is 6.33. The summed E-state index contributed by atoms with van der Waals surface area (Å²) < 4.78 is 5.83. The first-order valence-electron chi connectivity index (χ1n) is 6.81. The zero-order valence-corrected chi connectivity index (χ0v) is 13.3. The second-order valence-corrected chi connectivity index (χ2v) is 6.65. The van der Waals surface area contributed by atoms with Gasteiger partial charge in [-0.25, -0.2) is 0 Å². The Hall–Kier alpha value is -1.46. The predicted molar refractivity (Wildman–Crippen MR) is 82.4 cm³/mol. The molecule has 0 bridgehead atoms. The second-order valence-electron chi connectivity index (χ2n) is 5.63. The molecule has 5 heteroatoms. The van der Waals surface area contributed by atoms with E-state index in [1.807, 2.05) is 18.2 Å². The van der Waals surface area contributed by atoms with Gasteiger partial charge in [0, 0.05) is 5.54 Å². The minimum absolute atomic E-state index is 0.0709. The fourth-order valence-electron chi connectivity index (χ4n) is 1.68. The van der Waals surface area contributed by atoms with Crippen LogP contribution >= 0.6 is 11.3 Å². The normalized spacial score (nSPS) is 11.6. The molecule has 0 aliphatic carbocycles. The Morgan fingerprint density at radius 3 is 2.65 bits per heavy atom. The molecule has 4 nitrogen and oxygen atoms in total. The molecule has 0 fully saturated rings. The molecule has 20 heavy (non-hydrogen) atoms. The van der Waals surface area contributed by atoms with Crippen molar-refractivity contribution in [2.75, 3.05) is 0 Å². The molecule has 0 amide bonds. The summed E-state index contributed by atoms with van der Waals surface area (Å²) in [5.41, 5.74) is 1.25. The van der Waals surface area contributed by atoms with Gasteiger partial charge < -0.3 is 10.1 Å². The number of nitrogens with one attached hydrogen (secondary N) is 1. The Labute approximate surface area is 124 Å². The first-order valence-corrected chi connectivity index (χ1v) is 7.63. The summed E-state index contributed by atoms with van der Waals surface area (Å²) in [6, 6.07) is 8.02. The Morgan fingerprint density at radius 1 is 1.20 bits per heavy atom. The molecule has 0 radical (unpaired) electrons. The van der Waals surface area contributed by atoms with Gasteiger partial charge in [-0.3, -0.25) is 0 Å². The van der Waals surface area contributed by atoms with Crippen LogP contribution in [0, 0.1) is 0 Å². The lowest BCUT2D eigenvalue weighted by Gasteiger charge is -2.19. The van der Waals surface area contributed by atoms with Gasteiger partial charge in [0.25, 0.3) is 5.19 Å². The highest BCUT2D eigenvalue weighted by Crippen LogP contribution is 2.28. The van der Waals surface area contributed by atoms with Gasteiger partial charge in [-0.05, 0) is 38.8 Å². The Bertz CT molecular complexity index is 560. The number of para-hydroxylation sites is 1. The summed E-state index contributed by atoms with van der Waals surface area (Å²) in [4.78, 5) is 0. The van der Waals surface area contributed by atoms with Crippen molar-refractivity contribution in [2.24, 2.45) is 0 Å². The molecule has 0 atom stereocenters. The van der Waals surface area contributed by atoms with E-state index in [1.165, 1.54) is 16.9 Å². The molecular formula is C15H21N3OS. The van der Waals surface area contributed by atoms with Crippen molar-refractivity contribution < 1.29 is 4.74 Å². The summed E-state index contributed by atoms with van der Waals surface area (Å²) in [5, 5.41) is 13.2. The van der Waals surface area contributed by atoms with Gasteiger partial charge in [-0.1, -0.05) is 41.6 Å². The van der Waals surface area contributed by atoms with Gasteiger partial charge in [-0.15, -0.1) is 5.10 Å². The van der Waals surface area contributed by atoms with Crippen molar-refractivity contribution in [3.05, 3.63) is 34.8 Å². The van der Waals surface area contributed by atoms with E-state index in [0.29, 0.717) is 11.7 Å². The smallest absolute Gasteiger partial charge is 0.299 e. The molecule has 2 aromatic rings. The van der Waals surface area contributed by atoms with Gasteiger partial charge in [0.05, 0.1) is 6.54 Å². The van der Waals surface area contributed by atoms with Gasteiger partial charge in [0.15, 0.2) is 0 Å². The molecular weight excluding hydrogens is 270 g/mol. The molecule has 2 rings (SSSR count). The average Bonchev–Trinajstić information content (AvgIpc) is 2.84. The molecule has 1 N–H and O–H groups in total. The van der Waals surface area contributed by atoms with E-state index < -0.39 is 0 Å². The first kappa shape index (κ1) is 14.9. The highest BCUT2D eigenvalue weighted by molar-refractivity contribution is 7.13. The third-order valence-corrected chi connectivity index (χ3v) is 3.57. The van der Waals surface area contributed by atoms with Gasteiger partial charge in [0.1, 0.15) is 10.8 Å². The van der Waals surface area contributed by atoms with E-state index >= 15 is 0 Å². The van der Waals surface area contributed by atoms with Crippen LogP contribution < -0.4 is 10.1 Å². The lowest BCUT2D eigenvalue weighted by molar-refractivity contribution is 0.422. The number of nitrogens with zero attached hydrogens (tertiary/aromatic N) is 2. The van der Waals surface area contributed by atoms with Crippen LogP contribution in [0.15, 0.2) is 24.3 Å². The number of ether oxygens (including phenoxy) is 1. The van der Waals surface area contributed by atoms with Crippen molar-refractivity contribution in [1.29, 1.82) is 0 Å². The maximum Gasteiger partial charge on any atom is 0.299 e. The molecule has 0 saturated carbocycles. The summed E-state index contributed by atoms with van der Waals surface area (Å²) in [7, 11) is 0. The van der Waals surface area contributed by atoms with Crippen molar-refractivity contribution in [2.45, 2.75) is 46.2 Å². The van der Waals surface area contributed by atoms with Crippen LogP contribution in [0.5, 0.6) is 10.9 Å². The Balaban J connectivity index is 2.02. The first-order chi connectivity index (χ1) is 9.48. The topological polar surface area (TPSA) is 47.0 Å². The number of benzene rings is 1. The van der Waals surface area contributed by atoms with Crippen LogP contribution in [0.3, 0.4) is 0 Å². The third kappa shape index (κ3) is 4.28. The van der Waals surface area contributed by atoms with Crippen molar-refractivity contribution in [1.82, 2.24) is 15.5 Å². The van der Waals surface area contributed by atoms with Crippen molar-refractivity contribution >= 4 is 11.3 Å². The fraction of sp³-hybridized carbons (Fsp3) is 0.467. The van der Waals surface area contributed by atoms with Crippen LogP contribution in [0.4, 0.5) is 0 Å². The zero-order chi connectivity index (χ0) is 14.6. The van der Waals surface area contributed by atoms with Crippen LogP contribution in [-0.2, 0) is 13.0 Å². The predicted octanol–water partition coefficient (Wildman–Crippen LogP) is 3.78. The molecule has 1 heterocycles. The van der Waals surface area contributed by atoms with E-state index in [1.54, 1.807) is 0 Å².